The fourth-order valence-electron chi connectivity index (χ4n) is 4.59. The molecule has 0 N–H and O–H groups in total. The lowest BCUT2D eigenvalue weighted by atomic mass is 9.99. The Labute approximate surface area is 174 Å². The first-order chi connectivity index (χ1) is 14.3. The molecule has 152 valence electrons. The van der Waals surface area contributed by atoms with E-state index in [0.29, 0.717) is 6.04 Å². The molecule has 4 rings (SSSR count). The summed E-state index contributed by atoms with van der Waals surface area (Å²) in [5.74, 6) is 0.995. The Kier molecular flexibility index (Phi) is 6.43. The Morgan fingerprint density at radius 3 is 2.72 bits per heavy atom. The van der Waals surface area contributed by atoms with Gasteiger partial charge in [-0.15, -0.1) is 0 Å². The summed E-state index contributed by atoms with van der Waals surface area (Å²) in [6.45, 7) is 7.52. The quantitative estimate of drug-likeness (QED) is 0.584. The average Bonchev–Trinajstić information content (AvgIpc) is 2.78. The standard InChI is InChI=1S/C25H31N3O/c1-3-28(17-20-12-14-26-15-13-20)22-8-6-16-27(18-22)19-24-23-9-5-4-7-21(23)10-11-25(24)29-2/h4-5,7,9-15,22H,3,6,8,16-19H2,1-2H3/t22-/m1/s1. The molecule has 1 saturated heterocycles. The van der Waals surface area contributed by atoms with E-state index in [-0.39, 0.29) is 0 Å². The summed E-state index contributed by atoms with van der Waals surface area (Å²) in [5.41, 5.74) is 2.65. The third-order valence-electron chi connectivity index (χ3n) is 6.14. The van der Waals surface area contributed by atoms with Crippen molar-refractivity contribution in [2.75, 3.05) is 26.7 Å². The highest BCUT2D eigenvalue weighted by Crippen LogP contribution is 2.30. The van der Waals surface area contributed by atoms with Crippen LogP contribution in [0.3, 0.4) is 0 Å². The number of nitrogens with zero attached hydrogens (tertiary/aromatic N) is 3. The van der Waals surface area contributed by atoms with Crippen molar-refractivity contribution >= 4 is 10.8 Å². The molecule has 1 aromatic heterocycles. The zero-order valence-electron chi connectivity index (χ0n) is 17.6. The molecule has 29 heavy (non-hydrogen) atoms. The molecule has 0 radical (unpaired) electrons. The van der Waals surface area contributed by atoms with Crippen molar-refractivity contribution in [3.8, 4) is 5.75 Å². The van der Waals surface area contributed by atoms with E-state index in [0.717, 1.165) is 38.5 Å². The smallest absolute Gasteiger partial charge is 0.123 e. The Morgan fingerprint density at radius 1 is 1.10 bits per heavy atom. The largest absolute Gasteiger partial charge is 0.496 e. The fourth-order valence-corrected chi connectivity index (χ4v) is 4.59. The molecule has 1 fully saturated rings. The van der Waals surface area contributed by atoms with Crippen LogP contribution in [0.2, 0.25) is 0 Å². The summed E-state index contributed by atoms with van der Waals surface area (Å²) in [7, 11) is 1.78. The molecule has 2 heterocycles. The predicted molar refractivity (Wildman–Crippen MR) is 119 cm³/mol. The first-order valence-electron chi connectivity index (χ1n) is 10.7. The van der Waals surface area contributed by atoms with Gasteiger partial charge in [-0.3, -0.25) is 14.8 Å². The molecule has 1 aliphatic rings. The number of likely N-dealkylation sites (tertiary alicyclic amines) is 1. The lowest BCUT2D eigenvalue weighted by Crippen LogP contribution is -2.47. The summed E-state index contributed by atoms with van der Waals surface area (Å²) >= 11 is 0. The Balaban J connectivity index is 1.51. The van der Waals surface area contributed by atoms with E-state index >= 15 is 0 Å². The summed E-state index contributed by atoms with van der Waals surface area (Å²) in [5, 5.41) is 2.59. The molecule has 0 bridgehead atoms. The number of fused-ring (bicyclic) bond motifs is 1. The first kappa shape index (κ1) is 19.9. The number of piperidine rings is 1. The highest BCUT2D eigenvalue weighted by molar-refractivity contribution is 5.87. The van der Waals surface area contributed by atoms with E-state index in [4.69, 9.17) is 4.74 Å². The second-order valence-corrected chi connectivity index (χ2v) is 7.92. The molecule has 1 aliphatic heterocycles. The van der Waals surface area contributed by atoms with Crippen LogP contribution in [0.15, 0.2) is 60.9 Å². The first-order valence-corrected chi connectivity index (χ1v) is 10.7. The number of hydrogen-bond donors (Lipinski definition) is 0. The third-order valence-corrected chi connectivity index (χ3v) is 6.14. The van der Waals surface area contributed by atoms with Gasteiger partial charge in [0.2, 0.25) is 0 Å². The lowest BCUT2D eigenvalue weighted by molar-refractivity contribution is 0.0915. The van der Waals surface area contributed by atoms with Gasteiger partial charge >= 0.3 is 0 Å². The normalized spacial score (nSPS) is 17.7. The van der Waals surface area contributed by atoms with Crippen LogP contribution in [-0.2, 0) is 13.1 Å². The van der Waals surface area contributed by atoms with E-state index in [1.807, 2.05) is 12.4 Å². The van der Waals surface area contributed by atoms with Gasteiger partial charge in [-0.05, 0) is 60.5 Å². The van der Waals surface area contributed by atoms with Crippen molar-refractivity contribution in [3.05, 3.63) is 72.1 Å². The molecule has 0 aliphatic carbocycles. The molecule has 2 aromatic carbocycles. The second-order valence-electron chi connectivity index (χ2n) is 7.92. The number of benzene rings is 2. The van der Waals surface area contributed by atoms with E-state index in [2.05, 4.69) is 70.2 Å². The van der Waals surface area contributed by atoms with Crippen molar-refractivity contribution in [1.82, 2.24) is 14.8 Å². The molecular weight excluding hydrogens is 358 g/mol. The van der Waals surface area contributed by atoms with E-state index in [1.54, 1.807) is 7.11 Å². The predicted octanol–water partition coefficient (Wildman–Crippen LogP) is 4.73. The Morgan fingerprint density at radius 2 is 1.93 bits per heavy atom. The number of pyridine rings is 1. The van der Waals surface area contributed by atoms with E-state index < -0.39 is 0 Å². The lowest BCUT2D eigenvalue weighted by Gasteiger charge is -2.39. The monoisotopic (exact) mass is 389 g/mol. The van der Waals surface area contributed by atoms with Crippen LogP contribution >= 0.6 is 0 Å². The van der Waals surface area contributed by atoms with E-state index in [9.17, 15) is 0 Å². The van der Waals surface area contributed by atoms with Crippen LogP contribution in [0.1, 0.15) is 30.9 Å². The Bertz CT molecular complexity index is 928. The van der Waals surface area contributed by atoms with Crippen LogP contribution in [0.4, 0.5) is 0 Å². The van der Waals surface area contributed by atoms with E-state index in [1.165, 1.54) is 34.7 Å². The van der Waals surface area contributed by atoms with Gasteiger partial charge in [0, 0.05) is 43.6 Å². The minimum Gasteiger partial charge on any atom is -0.496 e. The highest BCUT2D eigenvalue weighted by atomic mass is 16.5. The number of ether oxygens (including phenoxy) is 1. The topological polar surface area (TPSA) is 28.6 Å². The maximum Gasteiger partial charge on any atom is 0.123 e. The average molecular weight is 390 g/mol. The molecule has 4 heteroatoms. The summed E-state index contributed by atoms with van der Waals surface area (Å²) in [6, 6.07) is 17.7. The van der Waals surface area contributed by atoms with Crippen molar-refractivity contribution in [1.29, 1.82) is 0 Å². The number of likely N-dealkylation sites (N-methyl/N-ethyl adjacent to an activating group) is 1. The van der Waals surface area contributed by atoms with Gasteiger partial charge in [-0.25, -0.2) is 0 Å². The molecule has 3 aromatic rings. The summed E-state index contributed by atoms with van der Waals surface area (Å²) in [4.78, 5) is 9.37. The maximum absolute atomic E-state index is 5.73. The van der Waals surface area contributed by atoms with Crippen molar-refractivity contribution < 1.29 is 4.74 Å². The van der Waals surface area contributed by atoms with Crippen LogP contribution < -0.4 is 4.74 Å². The van der Waals surface area contributed by atoms with Crippen LogP contribution in [-0.4, -0.2) is 47.6 Å². The SMILES string of the molecule is CCN(Cc1ccncc1)[C@@H]1CCCN(Cc2c(OC)ccc3ccccc23)C1. The highest BCUT2D eigenvalue weighted by Gasteiger charge is 2.25. The molecule has 0 saturated carbocycles. The molecule has 1 atom stereocenters. The zero-order chi connectivity index (χ0) is 20.1. The van der Waals surface area contributed by atoms with Crippen molar-refractivity contribution in [2.45, 2.75) is 38.9 Å². The molecule has 4 nitrogen and oxygen atoms in total. The molecule has 0 spiro atoms. The second kappa shape index (κ2) is 9.38. The molecule has 0 amide bonds. The Hall–Kier alpha value is -2.43. The minimum absolute atomic E-state index is 0.586. The van der Waals surface area contributed by atoms with Crippen LogP contribution in [0.5, 0.6) is 5.75 Å². The molecule has 0 unspecified atom stereocenters. The van der Waals surface area contributed by atoms with Crippen LogP contribution in [0.25, 0.3) is 10.8 Å². The van der Waals surface area contributed by atoms with Gasteiger partial charge in [-0.1, -0.05) is 37.3 Å². The van der Waals surface area contributed by atoms with Gasteiger partial charge in [0.05, 0.1) is 7.11 Å². The minimum atomic E-state index is 0.586. The third kappa shape index (κ3) is 4.60. The molecular formula is C25H31N3O. The van der Waals surface area contributed by atoms with Gasteiger partial charge < -0.3 is 4.74 Å². The van der Waals surface area contributed by atoms with Gasteiger partial charge in [-0.2, -0.15) is 0 Å². The fraction of sp³-hybridized carbons (Fsp3) is 0.400. The van der Waals surface area contributed by atoms with Gasteiger partial charge in [0.1, 0.15) is 5.75 Å². The number of rotatable bonds is 7. The number of aromatic nitrogens is 1. The van der Waals surface area contributed by atoms with Gasteiger partial charge in [0.25, 0.3) is 0 Å². The zero-order valence-corrected chi connectivity index (χ0v) is 17.6. The van der Waals surface area contributed by atoms with Crippen molar-refractivity contribution in [2.24, 2.45) is 0 Å². The summed E-state index contributed by atoms with van der Waals surface area (Å²) in [6.07, 6.45) is 6.29. The number of methoxy groups -OCH3 is 1. The van der Waals surface area contributed by atoms with Crippen molar-refractivity contribution in [3.63, 3.8) is 0 Å². The number of hydrogen-bond acceptors (Lipinski definition) is 4. The maximum atomic E-state index is 5.73. The van der Waals surface area contributed by atoms with Gasteiger partial charge in [0.15, 0.2) is 0 Å². The summed E-state index contributed by atoms with van der Waals surface area (Å²) < 4.78 is 5.73. The van der Waals surface area contributed by atoms with Crippen LogP contribution in [0, 0.1) is 0 Å².